The molecule has 0 aromatic heterocycles. The number of esters is 2. The second kappa shape index (κ2) is 8.17. The highest BCUT2D eigenvalue weighted by Crippen LogP contribution is 2.18. The molecule has 0 heterocycles. The summed E-state index contributed by atoms with van der Waals surface area (Å²) in [6.45, 7) is 3.82. The molecule has 6 heteroatoms. The molecule has 1 rings (SSSR count). The van der Waals surface area contributed by atoms with Crippen molar-refractivity contribution in [1.82, 2.24) is 0 Å². The van der Waals surface area contributed by atoms with E-state index in [-0.39, 0.29) is 23.0 Å². The van der Waals surface area contributed by atoms with Gasteiger partial charge in [-0.05, 0) is 24.6 Å². The van der Waals surface area contributed by atoms with Gasteiger partial charge in [0.05, 0.1) is 25.3 Å². The van der Waals surface area contributed by atoms with E-state index in [9.17, 15) is 14.4 Å². The maximum Gasteiger partial charge on any atom is 0.337 e. The normalized spacial score (nSPS) is 11.5. The summed E-state index contributed by atoms with van der Waals surface area (Å²) in [5.41, 5.74) is 0.698. The van der Waals surface area contributed by atoms with E-state index in [4.69, 9.17) is 0 Å². The summed E-state index contributed by atoms with van der Waals surface area (Å²) in [6.07, 6.45) is 1.65. The molecule has 6 nitrogen and oxygen atoms in total. The van der Waals surface area contributed by atoms with Crippen molar-refractivity contribution in [2.45, 2.75) is 26.7 Å². The summed E-state index contributed by atoms with van der Waals surface area (Å²) in [4.78, 5) is 35.4. The lowest BCUT2D eigenvalue weighted by atomic mass is 10.0. The molecule has 0 radical (unpaired) electrons. The highest BCUT2D eigenvalue weighted by Gasteiger charge is 2.17. The van der Waals surface area contributed by atoms with E-state index >= 15 is 0 Å². The third-order valence-corrected chi connectivity index (χ3v) is 3.21. The number of anilines is 1. The van der Waals surface area contributed by atoms with Crippen molar-refractivity contribution in [3.05, 3.63) is 29.3 Å². The summed E-state index contributed by atoms with van der Waals surface area (Å²) in [5.74, 6) is -1.52. The molecule has 0 saturated carbocycles. The fourth-order valence-corrected chi connectivity index (χ4v) is 2.00. The predicted octanol–water partition coefficient (Wildman–Crippen LogP) is 2.63. The first kappa shape index (κ1) is 17.7. The van der Waals surface area contributed by atoms with Crippen LogP contribution in [0.3, 0.4) is 0 Å². The molecule has 1 atom stereocenters. The van der Waals surface area contributed by atoms with Gasteiger partial charge >= 0.3 is 11.9 Å². The Labute approximate surface area is 129 Å². The number of carbonyl (C=O) groups is 3. The van der Waals surface area contributed by atoms with Crippen molar-refractivity contribution in [2.75, 3.05) is 19.5 Å². The van der Waals surface area contributed by atoms with Gasteiger partial charge in [-0.15, -0.1) is 0 Å². The van der Waals surface area contributed by atoms with Gasteiger partial charge in [-0.3, -0.25) is 4.79 Å². The molecule has 22 heavy (non-hydrogen) atoms. The molecule has 120 valence electrons. The highest BCUT2D eigenvalue weighted by molar-refractivity contribution is 5.99. The van der Waals surface area contributed by atoms with Gasteiger partial charge in [0.2, 0.25) is 5.91 Å². The first-order chi connectivity index (χ1) is 10.4. The molecule has 0 spiro atoms. The number of ether oxygens (including phenoxy) is 2. The van der Waals surface area contributed by atoms with E-state index in [2.05, 4.69) is 14.8 Å². The van der Waals surface area contributed by atoms with Gasteiger partial charge in [-0.25, -0.2) is 9.59 Å². The van der Waals surface area contributed by atoms with Crippen LogP contribution in [0.5, 0.6) is 0 Å². The Bertz CT molecular complexity index is 533. The molecule has 0 unspecified atom stereocenters. The zero-order valence-corrected chi connectivity index (χ0v) is 13.3. The van der Waals surface area contributed by atoms with E-state index in [0.717, 1.165) is 12.8 Å². The number of rotatable bonds is 6. The minimum Gasteiger partial charge on any atom is -0.465 e. The summed E-state index contributed by atoms with van der Waals surface area (Å²) >= 11 is 0. The second-order valence-electron chi connectivity index (χ2n) is 4.96. The Morgan fingerprint density at radius 2 is 1.55 bits per heavy atom. The van der Waals surface area contributed by atoms with Crippen LogP contribution in [0, 0.1) is 5.92 Å². The van der Waals surface area contributed by atoms with Crippen LogP contribution in [0.2, 0.25) is 0 Å². The van der Waals surface area contributed by atoms with Gasteiger partial charge in [-0.2, -0.15) is 0 Å². The first-order valence-electron chi connectivity index (χ1n) is 7.05. The standard InChI is InChI=1S/C16H21NO5/c1-5-6-10(2)14(18)17-13-8-11(15(19)21-3)7-12(9-13)16(20)22-4/h7-10H,5-6H2,1-4H3,(H,17,18)/t10-/m0/s1. The van der Waals surface area contributed by atoms with Crippen LogP contribution in [0.1, 0.15) is 47.4 Å². The van der Waals surface area contributed by atoms with Gasteiger partial charge in [-0.1, -0.05) is 20.3 Å². The predicted molar refractivity (Wildman–Crippen MR) is 81.8 cm³/mol. The zero-order chi connectivity index (χ0) is 16.7. The van der Waals surface area contributed by atoms with E-state index in [1.54, 1.807) is 0 Å². The van der Waals surface area contributed by atoms with Crippen LogP contribution in [-0.2, 0) is 14.3 Å². The second-order valence-corrected chi connectivity index (χ2v) is 4.96. The Morgan fingerprint density at radius 3 is 1.95 bits per heavy atom. The summed E-state index contributed by atoms with van der Waals surface area (Å²) < 4.78 is 9.29. The minimum absolute atomic E-state index is 0.159. The molecule has 0 fully saturated rings. The fraction of sp³-hybridized carbons (Fsp3) is 0.438. The fourth-order valence-electron chi connectivity index (χ4n) is 2.00. The van der Waals surface area contributed by atoms with Gasteiger partial charge < -0.3 is 14.8 Å². The van der Waals surface area contributed by atoms with Gasteiger partial charge in [0.1, 0.15) is 0 Å². The average molecular weight is 307 g/mol. The summed E-state index contributed by atoms with van der Waals surface area (Å²) in [6, 6.07) is 4.30. The molecule has 1 amide bonds. The molecule has 1 aromatic rings. The molecule has 0 aliphatic heterocycles. The number of nitrogens with one attached hydrogen (secondary N) is 1. The van der Waals surface area contributed by atoms with Gasteiger partial charge in [0, 0.05) is 11.6 Å². The third-order valence-electron chi connectivity index (χ3n) is 3.21. The van der Waals surface area contributed by atoms with E-state index in [1.165, 1.54) is 32.4 Å². The lowest BCUT2D eigenvalue weighted by Gasteiger charge is -2.13. The molecule has 0 aliphatic carbocycles. The van der Waals surface area contributed by atoms with Crippen LogP contribution in [0.4, 0.5) is 5.69 Å². The van der Waals surface area contributed by atoms with E-state index < -0.39 is 11.9 Å². The van der Waals surface area contributed by atoms with Gasteiger partial charge in [0.15, 0.2) is 0 Å². The van der Waals surface area contributed by atoms with Crippen LogP contribution in [0.25, 0.3) is 0 Å². The SMILES string of the molecule is CCC[C@H](C)C(=O)Nc1cc(C(=O)OC)cc(C(=O)OC)c1. The largest absolute Gasteiger partial charge is 0.465 e. The van der Waals surface area contributed by atoms with Crippen molar-refractivity contribution >= 4 is 23.5 Å². The lowest BCUT2D eigenvalue weighted by Crippen LogP contribution is -2.21. The molecule has 0 saturated heterocycles. The van der Waals surface area contributed by atoms with Crippen LogP contribution < -0.4 is 5.32 Å². The van der Waals surface area contributed by atoms with Crippen molar-refractivity contribution in [1.29, 1.82) is 0 Å². The number of hydrogen-bond acceptors (Lipinski definition) is 5. The maximum absolute atomic E-state index is 12.1. The molecular weight excluding hydrogens is 286 g/mol. The third kappa shape index (κ3) is 4.58. The van der Waals surface area contributed by atoms with Crippen LogP contribution in [-0.4, -0.2) is 32.1 Å². The Balaban J connectivity index is 3.10. The number of hydrogen-bond donors (Lipinski definition) is 1. The monoisotopic (exact) mass is 307 g/mol. The number of amides is 1. The molecular formula is C16H21NO5. The molecule has 0 aliphatic rings. The average Bonchev–Trinajstić information content (AvgIpc) is 2.52. The topological polar surface area (TPSA) is 81.7 Å². The molecule has 0 bridgehead atoms. The van der Waals surface area contributed by atoms with Gasteiger partial charge in [0.25, 0.3) is 0 Å². The van der Waals surface area contributed by atoms with Crippen molar-refractivity contribution < 1.29 is 23.9 Å². The molecule has 1 N–H and O–H groups in total. The van der Waals surface area contributed by atoms with Crippen LogP contribution >= 0.6 is 0 Å². The first-order valence-corrected chi connectivity index (χ1v) is 7.05. The number of benzene rings is 1. The number of carbonyl (C=O) groups excluding carboxylic acids is 3. The molecule has 1 aromatic carbocycles. The lowest BCUT2D eigenvalue weighted by molar-refractivity contribution is -0.119. The number of methoxy groups -OCH3 is 2. The van der Waals surface area contributed by atoms with Crippen molar-refractivity contribution in [3.63, 3.8) is 0 Å². The van der Waals surface area contributed by atoms with Crippen molar-refractivity contribution in [2.24, 2.45) is 5.92 Å². The summed E-state index contributed by atoms with van der Waals surface area (Å²) in [7, 11) is 2.49. The van der Waals surface area contributed by atoms with Crippen molar-refractivity contribution in [3.8, 4) is 0 Å². The smallest absolute Gasteiger partial charge is 0.337 e. The Hall–Kier alpha value is -2.37. The summed E-state index contributed by atoms with van der Waals surface area (Å²) in [5, 5.41) is 2.71. The highest BCUT2D eigenvalue weighted by atomic mass is 16.5. The van der Waals surface area contributed by atoms with E-state index in [0.29, 0.717) is 5.69 Å². The van der Waals surface area contributed by atoms with Crippen LogP contribution in [0.15, 0.2) is 18.2 Å². The Kier molecular flexibility index (Phi) is 6.56. The quantitative estimate of drug-likeness (QED) is 0.817. The zero-order valence-electron chi connectivity index (χ0n) is 13.3. The van der Waals surface area contributed by atoms with E-state index in [1.807, 2.05) is 13.8 Å². The minimum atomic E-state index is -0.595. The maximum atomic E-state index is 12.1. The Morgan fingerprint density at radius 1 is 1.05 bits per heavy atom.